The number of hydrogen-bond donors (Lipinski definition) is 2. The number of ketones is 1. The van der Waals surface area contributed by atoms with E-state index < -0.39 is 0 Å². The van der Waals surface area contributed by atoms with Gasteiger partial charge in [-0.3, -0.25) is 9.59 Å². The molecule has 202 valence electrons. The van der Waals surface area contributed by atoms with Crippen molar-refractivity contribution >= 4 is 18.0 Å². The number of rotatable bonds is 6. The lowest BCUT2D eigenvalue weighted by Crippen LogP contribution is -2.34. The van der Waals surface area contributed by atoms with Crippen molar-refractivity contribution in [3.63, 3.8) is 0 Å². The number of oxime groups is 1. The first-order chi connectivity index (χ1) is 18.4. The van der Waals surface area contributed by atoms with Gasteiger partial charge in [0.1, 0.15) is 0 Å². The summed E-state index contributed by atoms with van der Waals surface area (Å²) in [5, 5.41) is 12.0. The first-order valence-electron chi connectivity index (χ1n) is 12.9. The highest BCUT2D eigenvalue weighted by Crippen LogP contribution is 2.29. The maximum absolute atomic E-state index is 12.8. The van der Waals surface area contributed by atoms with Crippen LogP contribution in [-0.2, 0) is 9.53 Å². The first-order valence-corrected chi connectivity index (χ1v) is 12.9. The molecule has 7 nitrogen and oxygen atoms in total. The Morgan fingerprint density at radius 3 is 1.89 bits per heavy atom. The van der Waals surface area contributed by atoms with Gasteiger partial charge in [-0.15, -0.1) is 0 Å². The molecule has 1 amide bonds. The highest BCUT2D eigenvalue weighted by molar-refractivity contribution is 6.09. The predicted molar refractivity (Wildman–Crippen MR) is 153 cm³/mol. The minimum atomic E-state index is -0.0166. The molecule has 1 aliphatic rings. The van der Waals surface area contributed by atoms with Gasteiger partial charge in [0, 0.05) is 29.8 Å². The van der Waals surface area contributed by atoms with Gasteiger partial charge in [0.05, 0.1) is 13.2 Å². The molecular weight excluding hydrogens is 478 g/mol. The number of morpholine rings is 1. The molecule has 0 unspecified atom stereocenters. The molecule has 0 radical (unpaired) electrons. The fourth-order valence-electron chi connectivity index (χ4n) is 3.62. The number of unbranched alkanes of at least 4 members (excludes halogenated alkanes) is 1. The Morgan fingerprint density at radius 1 is 0.895 bits per heavy atom. The van der Waals surface area contributed by atoms with E-state index in [0.717, 1.165) is 41.8 Å². The van der Waals surface area contributed by atoms with E-state index in [1.54, 1.807) is 4.90 Å². The molecule has 0 atom stereocenters. The van der Waals surface area contributed by atoms with Crippen LogP contribution in [0, 0.1) is 13.8 Å². The summed E-state index contributed by atoms with van der Waals surface area (Å²) in [7, 11) is 0. The van der Waals surface area contributed by atoms with Crippen LogP contribution in [0.25, 0.3) is 11.1 Å². The van der Waals surface area contributed by atoms with Crippen LogP contribution in [0.4, 0.5) is 0 Å². The van der Waals surface area contributed by atoms with Crippen molar-refractivity contribution in [3.05, 3.63) is 94.5 Å². The van der Waals surface area contributed by atoms with E-state index in [9.17, 15) is 9.59 Å². The third-order valence-corrected chi connectivity index (χ3v) is 6.16. The van der Waals surface area contributed by atoms with Gasteiger partial charge in [-0.05, 0) is 48.2 Å². The van der Waals surface area contributed by atoms with E-state index in [-0.39, 0.29) is 11.6 Å². The van der Waals surface area contributed by atoms with Crippen LogP contribution in [0.1, 0.15) is 59.3 Å². The number of hydrogen-bond acceptors (Lipinski definition) is 5. The average Bonchev–Trinajstić information content (AvgIpc) is 2.98. The van der Waals surface area contributed by atoms with E-state index >= 15 is 0 Å². The molecule has 38 heavy (non-hydrogen) atoms. The Bertz CT molecular complexity index is 1200. The second kappa shape index (κ2) is 16.0. The van der Waals surface area contributed by atoms with Crippen molar-refractivity contribution in [1.82, 2.24) is 4.90 Å². The highest BCUT2D eigenvalue weighted by Gasteiger charge is 2.14. The normalized spacial score (nSPS) is 12.9. The summed E-state index contributed by atoms with van der Waals surface area (Å²) in [6.07, 6.45) is 3.50. The first kappa shape index (κ1) is 30.3. The molecule has 0 saturated carbocycles. The molecule has 3 aromatic carbocycles. The molecule has 1 saturated heterocycles. The Kier molecular flexibility index (Phi) is 12.7. The van der Waals surface area contributed by atoms with Crippen LogP contribution in [0.2, 0.25) is 0 Å². The maximum Gasteiger partial charge on any atom is 0.209 e. The summed E-state index contributed by atoms with van der Waals surface area (Å²) in [6.45, 7) is 11.3. The van der Waals surface area contributed by atoms with E-state index in [1.165, 1.54) is 12.8 Å². The molecule has 3 N–H and O–H groups in total. The van der Waals surface area contributed by atoms with Gasteiger partial charge >= 0.3 is 0 Å². The standard InChI is InChI=1S/C22H20N2O2.C5H9NO2.C4H10/c1-14-8-10-17(21(25)16-6-4-3-5-7-16)12-19(14)20-13-18(22(23)24-26)11-9-15(20)2;7-5-6-1-3-8-4-2-6;1-3-4-2/h3-13,26H,1-2H3,(H2,23,24);5H,1-4H2;3-4H2,1-2H3. The van der Waals surface area contributed by atoms with Gasteiger partial charge in [0.15, 0.2) is 11.6 Å². The van der Waals surface area contributed by atoms with Crippen LogP contribution in [0.3, 0.4) is 0 Å². The zero-order chi connectivity index (χ0) is 27.9. The van der Waals surface area contributed by atoms with Crippen molar-refractivity contribution in [2.75, 3.05) is 26.3 Å². The Morgan fingerprint density at radius 2 is 1.42 bits per heavy atom. The summed E-state index contributed by atoms with van der Waals surface area (Å²) in [6, 6.07) is 20.5. The third kappa shape index (κ3) is 8.85. The monoisotopic (exact) mass is 517 g/mol. The van der Waals surface area contributed by atoms with Crippen molar-refractivity contribution in [2.45, 2.75) is 40.5 Å². The number of ether oxygens (including phenoxy) is 1. The van der Waals surface area contributed by atoms with Gasteiger partial charge in [0.2, 0.25) is 6.41 Å². The second-order valence-corrected chi connectivity index (χ2v) is 8.99. The lowest BCUT2D eigenvalue weighted by Gasteiger charge is -2.21. The number of amides is 1. The van der Waals surface area contributed by atoms with E-state index in [4.69, 9.17) is 15.7 Å². The Labute approximate surface area is 225 Å². The highest BCUT2D eigenvalue weighted by atomic mass is 16.5. The molecule has 0 bridgehead atoms. The smallest absolute Gasteiger partial charge is 0.209 e. The van der Waals surface area contributed by atoms with E-state index in [0.29, 0.717) is 29.9 Å². The van der Waals surface area contributed by atoms with Crippen molar-refractivity contribution in [3.8, 4) is 11.1 Å². The molecule has 0 spiro atoms. The van der Waals surface area contributed by atoms with Crippen LogP contribution in [0.5, 0.6) is 0 Å². The van der Waals surface area contributed by atoms with Gasteiger partial charge in [-0.1, -0.05) is 86.4 Å². The van der Waals surface area contributed by atoms with Gasteiger partial charge in [-0.25, -0.2) is 0 Å². The molecule has 3 aromatic rings. The van der Waals surface area contributed by atoms with Crippen LogP contribution in [0.15, 0.2) is 71.9 Å². The quantitative estimate of drug-likeness (QED) is 0.111. The molecule has 1 fully saturated rings. The molecule has 7 heteroatoms. The average molecular weight is 518 g/mol. The number of nitrogens with zero attached hydrogens (tertiary/aromatic N) is 2. The third-order valence-electron chi connectivity index (χ3n) is 6.16. The van der Waals surface area contributed by atoms with E-state index in [2.05, 4.69) is 19.0 Å². The predicted octanol–water partition coefficient (Wildman–Crippen LogP) is 5.58. The Hall–Kier alpha value is -3.97. The number of carbonyl (C=O) groups is 2. The van der Waals surface area contributed by atoms with Crippen molar-refractivity contribution in [2.24, 2.45) is 10.9 Å². The SMILES string of the molecule is CCCC.Cc1ccc(C(=O)c2ccccc2)cc1-c1cc(/C(N)=N\O)ccc1C.O=CN1CCOCC1. The lowest BCUT2D eigenvalue weighted by atomic mass is 9.91. The van der Waals surface area contributed by atoms with Crippen molar-refractivity contribution < 1.29 is 19.5 Å². The molecule has 4 rings (SSSR count). The minimum absolute atomic E-state index is 0.0166. The topological polar surface area (TPSA) is 105 Å². The molecule has 1 heterocycles. The largest absolute Gasteiger partial charge is 0.409 e. The lowest BCUT2D eigenvalue weighted by molar-refractivity contribution is -0.121. The minimum Gasteiger partial charge on any atom is -0.409 e. The maximum atomic E-state index is 12.8. The summed E-state index contributed by atoms with van der Waals surface area (Å²) < 4.78 is 5.00. The summed E-state index contributed by atoms with van der Waals surface area (Å²) in [5.74, 6) is 0.0394. The second-order valence-electron chi connectivity index (χ2n) is 8.99. The van der Waals surface area contributed by atoms with Gasteiger partial charge in [0.25, 0.3) is 0 Å². The zero-order valence-corrected chi connectivity index (χ0v) is 22.8. The molecule has 0 aromatic heterocycles. The number of aryl methyl sites for hydroxylation is 2. The van der Waals surface area contributed by atoms with Gasteiger partial charge < -0.3 is 20.6 Å². The number of nitrogens with two attached hydrogens (primary N) is 1. The number of carbonyl (C=O) groups excluding carboxylic acids is 2. The fourth-order valence-corrected chi connectivity index (χ4v) is 3.62. The van der Waals surface area contributed by atoms with Crippen LogP contribution >= 0.6 is 0 Å². The van der Waals surface area contributed by atoms with Crippen molar-refractivity contribution in [1.29, 1.82) is 0 Å². The fraction of sp³-hybridized carbons (Fsp3) is 0.323. The number of amidine groups is 1. The molecular formula is C31H39N3O4. The zero-order valence-electron chi connectivity index (χ0n) is 22.8. The van der Waals surface area contributed by atoms with Gasteiger partial charge in [-0.2, -0.15) is 0 Å². The van der Waals surface area contributed by atoms with Crippen LogP contribution in [-0.4, -0.2) is 54.4 Å². The van der Waals surface area contributed by atoms with Crippen LogP contribution < -0.4 is 5.73 Å². The summed E-state index contributed by atoms with van der Waals surface area (Å²) in [4.78, 5) is 24.5. The van der Waals surface area contributed by atoms with E-state index in [1.807, 2.05) is 80.6 Å². The summed E-state index contributed by atoms with van der Waals surface area (Å²) in [5.41, 5.74) is 11.7. The molecule has 1 aliphatic heterocycles. The summed E-state index contributed by atoms with van der Waals surface area (Å²) >= 11 is 0. The number of benzene rings is 3. The molecule has 0 aliphatic carbocycles. The Balaban J connectivity index is 0.000000349.